The van der Waals surface area contributed by atoms with Crippen molar-refractivity contribution in [2.75, 3.05) is 9.80 Å². The van der Waals surface area contributed by atoms with Gasteiger partial charge in [0.25, 0.3) is 0 Å². The molecule has 0 saturated carbocycles. The highest BCUT2D eigenvalue weighted by atomic mass is 32.1. The quantitative estimate of drug-likeness (QED) is 0.143. The Bertz CT molecular complexity index is 3730. The zero-order valence-electron chi connectivity index (χ0n) is 35.6. The van der Waals surface area contributed by atoms with Crippen LogP contribution in [0.2, 0.25) is 19.6 Å². The van der Waals surface area contributed by atoms with Crippen molar-refractivity contribution in [3.63, 3.8) is 0 Å². The summed E-state index contributed by atoms with van der Waals surface area (Å²) in [5.41, 5.74) is 11.4. The van der Waals surface area contributed by atoms with Gasteiger partial charge in [0.05, 0.1) is 25.1 Å². The summed E-state index contributed by atoms with van der Waals surface area (Å²) in [4.78, 5) is 4.80. The van der Waals surface area contributed by atoms with Gasteiger partial charge in [-0.15, -0.1) is 11.3 Å². The van der Waals surface area contributed by atoms with E-state index in [9.17, 15) is 0 Å². The lowest BCUT2D eigenvalue weighted by atomic mass is 10.00. The molecule has 63 heavy (non-hydrogen) atoms. The number of hydrogen-bond donors (Lipinski definition) is 0. The van der Waals surface area contributed by atoms with Crippen LogP contribution in [-0.2, 0) is 6.04 Å². The number of furan rings is 2. The van der Waals surface area contributed by atoms with Crippen LogP contribution in [-0.4, -0.2) is 18.3 Å². The zero-order chi connectivity index (χ0) is 42.4. The summed E-state index contributed by atoms with van der Waals surface area (Å²) in [5.74, 6) is 0. The summed E-state index contributed by atoms with van der Waals surface area (Å²) in [7, 11) is -0.414. The number of fused-ring (bicyclic) bond motifs is 11. The molecular formula is C56H44N2O2SSi2. The van der Waals surface area contributed by atoms with Crippen molar-refractivity contribution in [1.82, 2.24) is 0 Å². The Labute approximate surface area is 373 Å². The highest BCUT2D eigenvalue weighted by Gasteiger charge is 2.26. The second-order valence-corrected chi connectivity index (χ2v) is 24.5. The van der Waals surface area contributed by atoms with Gasteiger partial charge in [-0.2, -0.15) is 0 Å². The highest BCUT2D eigenvalue weighted by molar-refractivity contribution is 7.26. The number of anilines is 6. The number of rotatable bonds is 8. The Hall–Kier alpha value is -6.91. The summed E-state index contributed by atoms with van der Waals surface area (Å²) in [6.07, 6.45) is 0. The highest BCUT2D eigenvalue weighted by Crippen LogP contribution is 2.50. The molecule has 3 heterocycles. The fraction of sp³-hybridized carbons (Fsp3) is 0.0714. The Morgan fingerprint density at radius 2 is 0.968 bits per heavy atom. The first-order valence-electron chi connectivity index (χ1n) is 21.8. The van der Waals surface area contributed by atoms with Crippen LogP contribution in [0.15, 0.2) is 191 Å². The summed E-state index contributed by atoms with van der Waals surface area (Å²) in [6, 6.07) is 67.6. The summed E-state index contributed by atoms with van der Waals surface area (Å²) in [5, 5.41) is 10.8. The summed E-state index contributed by atoms with van der Waals surface area (Å²) >= 11 is 1.86. The SMILES string of the molecule is C[Si](C)(C)c1ccc(N(c2cc3sc4ccc(N(c5ccc(C[SiH3])cc5)c5cccc6c5oc5ccccc56)cc4c3c3ccccc23)c2cccc3c2oc2ccccc23)cc1. The molecule has 0 aliphatic heterocycles. The summed E-state index contributed by atoms with van der Waals surface area (Å²) in [6.45, 7) is 7.22. The fourth-order valence-corrected chi connectivity index (χ4v) is 12.4. The van der Waals surface area contributed by atoms with Gasteiger partial charge in [-0.3, -0.25) is 0 Å². The number of para-hydroxylation sites is 4. The number of benzene rings is 9. The molecule has 12 rings (SSSR count). The molecule has 12 aromatic rings. The Morgan fingerprint density at radius 3 is 1.59 bits per heavy atom. The van der Waals surface area contributed by atoms with E-state index >= 15 is 0 Å². The lowest BCUT2D eigenvalue weighted by Crippen LogP contribution is -2.37. The average Bonchev–Trinajstić information content (AvgIpc) is 4.01. The largest absolute Gasteiger partial charge is 0.454 e. The third kappa shape index (κ3) is 6.14. The molecular weight excluding hydrogens is 821 g/mol. The molecule has 304 valence electrons. The van der Waals surface area contributed by atoms with Crippen LogP contribution in [0.4, 0.5) is 34.1 Å². The van der Waals surface area contributed by atoms with E-state index in [1.54, 1.807) is 0 Å². The smallest absolute Gasteiger partial charge is 0.159 e. The molecule has 0 spiro atoms. The lowest BCUT2D eigenvalue weighted by Gasteiger charge is -2.28. The van der Waals surface area contributed by atoms with Crippen LogP contribution < -0.4 is 15.0 Å². The van der Waals surface area contributed by atoms with Crippen LogP contribution in [0, 0.1) is 0 Å². The zero-order valence-corrected chi connectivity index (χ0v) is 39.5. The van der Waals surface area contributed by atoms with Crippen molar-refractivity contribution >= 4 is 144 Å². The molecule has 0 aliphatic carbocycles. The first-order valence-corrected chi connectivity index (χ1v) is 27.5. The fourth-order valence-electron chi connectivity index (χ4n) is 9.58. The van der Waals surface area contributed by atoms with Crippen molar-refractivity contribution in [2.24, 2.45) is 0 Å². The average molecular weight is 865 g/mol. The molecule has 9 aromatic carbocycles. The normalized spacial score (nSPS) is 12.2. The number of hydrogen-bond acceptors (Lipinski definition) is 5. The van der Waals surface area contributed by atoms with Crippen molar-refractivity contribution in [1.29, 1.82) is 0 Å². The molecule has 0 N–H and O–H groups in total. The van der Waals surface area contributed by atoms with E-state index in [4.69, 9.17) is 8.83 Å². The molecule has 0 bridgehead atoms. The van der Waals surface area contributed by atoms with Gasteiger partial charge in [0, 0.05) is 74.4 Å². The number of nitrogens with zero attached hydrogens (tertiary/aromatic N) is 2. The molecule has 7 heteroatoms. The third-order valence-electron chi connectivity index (χ3n) is 12.8. The maximum absolute atomic E-state index is 6.76. The molecule has 0 saturated heterocycles. The minimum atomic E-state index is -1.54. The van der Waals surface area contributed by atoms with Gasteiger partial charge in [0.15, 0.2) is 11.2 Å². The van der Waals surface area contributed by atoms with Crippen LogP contribution in [0.1, 0.15) is 5.56 Å². The second-order valence-electron chi connectivity index (χ2n) is 17.6. The topological polar surface area (TPSA) is 32.8 Å². The Kier molecular flexibility index (Phi) is 8.76. The number of thiophene rings is 1. The van der Waals surface area contributed by atoms with Crippen LogP contribution >= 0.6 is 11.3 Å². The molecule has 4 nitrogen and oxygen atoms in total. The van der Waals surface area contributed by atoms with E-state index in [1.165, 1.54) is 41.7 Å². The van der Waals surface area contributed by atoms with Gasteiger partial charge in [0.1, 0.15) is 11.2 Å². The maximum Gasteiger partial charge on any atom is 0.159 e. The van der Waals surface area contributed by atoms with Gasteiger partial charge >= 0.3 is 0 Å². The molecule has 0 atom stereocenters. The first kappa shape index (κ1) is 37.8. The predicted octanol–water partition coefficient (Wildman–Crippen LogP) is 15.4. The van der Waals surface area contributed by atoms with Crippen LogP contribution in [0.3, 0.4) is 0 Å². The molecule has 0 radical (unpaired) electrons. The second kappa shape index (κ2) is 14.6. The molecule has 0 aliphatic rings. The van der Waals surface area contributed by atoms with Gasteiger partial charge in [0.2, 0.25) is 0 Å². The Morgan fingerprint density at radius 1 is 0.444 bits per heavy atom. The van der Waals surface area contributed by atoms with Crippen molar-refractivity contribution in [2.45, 2.75) is 25.7 Å². The third-order valence-corrected chi connectivity index (χ3v) is 16.8. The van der Waals surface area contributed by atoms with Crippen molar-refractivity contribution in [3.05, 3.63) is 188 Å². The standard InChI is InChI=1S/C56H44N2O2SSi2/c1-63(2,3)39-29-26-37(27-30-39)58(48-19-11-17-45-42-14-7-9-21-51(42)60-56(45)48)49-33-53-54(43-15-5-4-12-40(43)49)46-32-38(28-31-52(46)61-53)57(36-24-22-35(34-62)23-25-36)47-18-10-16-44-41-13-6-8-20-50(41)59-55(44)47/h4-33H,34H2,1-3,62H3. The molecule has 0 fully saturated rings. The van der Waals surface area contributed by atoms with Gasteiger partial charge < -0.3 is 18.6 Å². The monoisotopic (exact) mass is 864 g/mol. The molecule has 0 unspecified atom stereocenters. The Balaban J connectivity index is 1.09. The van der Waals surface area contributed by atoms with E-state index in [1.807, 2.05) is 23.5 Å². The summed E-state index contributed by atoms with van der Waals surface area (Å²) < 4.78 is 15.9. The van der Waals surface area contributed by atoms with Crippen LogP contribution in [0.5, 0.6) is 0 Å². The van der Waals surface area contributed by atoms with E-state index in [2.05, 4.69) is 199 Å². The predicted molar refractivity (Wildman–Crippen MR) is 277 cm³/mol. The van der Waals surface area contributed by atoms with Gasteiger partial charge in [-0.1, -0.05) is 140 Å². The first-order chi connectivity index (χ1) is 30.8. The molecule has 3 aromatic heterocycles. The molecule has 0 amide bonds. The lowest BCUT2D eigenvalue weighted by molar-refractivity contribution is 0.668. The minimum Gasteiger partial charge on any atom is -0.454 e. The van der Waals surface area contributed by atoms with Gasteiger partial charge in [-0.25, -0.2) is 0 Å². The van der Waals surface area contributed by atoms with Crippen LogP contribution in [0.25, 0.3) is 74.8 Å². The van der Waals surface area contributed by atoms with Gasteiger partial charge in [-0.05, 0) is 84.2 Å². The minimum absolute atomic E-state index is 0.881. The van der Waals surface area contributed by atoms with E-state index in [0.29, 0.717) is 0 Å². The maximum atomic E-state index is 6.76. The van der Waals surface area contributed by atoms with E-state index in [0.717, 1.165) is 94.3 Å². The van der Waals surface area contributed by atoms with Crippen molar-refractivity contribution < 1.29 is 8.83 Å². The van der Waals surface area contributed by atoms with Crippen molar-refractivity contribution in [3.8, 4) is 0 Å². The van der Waals surface area contributed by atoms with E-state index in [-0.39, 0.29) is 0 Å². The van der Waals surface area contributed by atoms with E-state index < -0.39 is 8.07 Å².